The Kier molecular flexibility index (Phi) is 8.70. The Morgan fingerprint density at radius 1 is 0.453 bits per heavy atom. The van der Waals surface area contributed by atoms with E-state index in [0.29, 0.717) is 11.1 Å². The lowest BCUT2D eigenvalue weighted by Crippen LogP contribution is -2.41. The van der Waals surface area contributed by atoms with E-state index in [4.69, 9.17) is 18.6 Å². The topological polar surface area (TPSA) is 36.9 Å². The van der Waals surface area contributed by atoms with E-state index in [9.17, 15) is 26.3 Å². The van der Waals surface area contributed by atoms with Gasteiger partial charge in [0.05, 0.1) is 33.5 Å². The van der Waals surface area contributed by atoms with Gasteiger partial charge >= 0.3 is 26.6 Å². The second-order valence-electron chi connectivity index (χ2n) is 16.6. The highest BCUT2D eigenvalue weighted by atomic mass is 19.4. The van der Waals surface area contributed by atoms with Crippen LogP contribution in [0.3, 0.4) is 0 Å². The molecule has 0 spiro atoms. The first-order chi connectivity index (χ1) is 24.4. The van der Waals surface area contributed by atoms with Gasteiger partial charge in [-0.25, -0.2) is 0 Å². The Bertz CT molecular complexity index is 1860. The Labute approximate surface area is 307 Å². The van der Waals surface area contributed by atoms with Gasteiger partial charge in [-0.3, -0.25) is 0 Å². The molecule has 0 bridgehead atoms. The van der Waals surface area contributed by atoms with E-state index in [1.54, 1.807) is 0 Å². The maximum Gasteiger partial charge on any atom is 0.494 e. The van der Waals surface area contributed by atoms with Crippen molar-refractivity contribution < 1.29 is 45.0 Å². The molecule has 0 atom stereocenters. The molecule has 0 saturated carbocycles. The minimum Gasteiger partial charge on any atom is -0.399 e. The largest absolute Gasteiger partial charge is 0.494 e. The van der Waals surface area contributed by atoms with Crippen LogP contribution in [0.2, 0.25) is 0 Å². The molecule has 4 aromatic rings. The van der Waals surface area contributed by atoms with Crippen LogP contribution in [0.1, 0.15) is 88.8 Å². The molecule has 2 aliphatic heterocycles. The average Bonchev–Trinajstić information content (AvgIpc) is 3.54. The molecular formula is C41H42B2F6O4. The fourth-order valence-corrected chi connectivity index (χ4v) is 7.55. The minimum absolute atomic E-state index is 0.242. The van der Waals surface area contributed by atoms with E-state index in [2.05, 4.69) is 0 Å². The van der Waals surface area contributed by atoms with E-state index in [0.717, 1.165) is 57.4 Å². The molecule has 0 N–H and O–H groups in total. The SMILES string of the molecule is CC1(C)OB(c2ccc3c(c2)C(Cc2ccc(C(F)(F)F)cc2)(Cc2ccc(C(F)(F)F)cc2)c2cc(B4OC(C)(C)C(C)(C)O4)ccc2-3)OC1(C)C. The molecule has 2 saturated heterocycles. The van der Waals surface area contributed by atoms with Crippen LogP contribution in [0, 0.1) is 0 Å². The number of hydrogen-bond acceptors (Lipinski definition) is 4. The van der Waals surface area contributed by atoms with E-state index < -0.39 is 65.5 Å². The minimum atomic E-state index is -4.52. The summed E-state index contributed by atoms with van der Waals surface area (Å²) in [6, 6.07) is 22.2. The van der Waals surface area contributed by atoms with Crippen molar-refractivity contribution in [2.75, 3.05) is 0 Å². The van der Waals surface area contributed by atoms with Crippen molar-refractivity contribution in [2.24, 2.45) is 0 Å². The maximum atomic E-state index is 13.7. The van der Waals surface area contributed by atoms with Crippen LogP contribution in [0.25, 0.3) is 11.1 Å². The first-order valence-electron chi connectivity index (χ1n) is 17.8. The van der Waals surface area contributed by atoms with Crippen molar-refractivity contribution in [3.63, 3.8) is 0 Å². The Morgan fingerprint density at radius 2 is 0.755 bits per heavy atom. The summed E-state index contributed by atoms with van der Waals surface area (Å²) < 4.78 is 108. The van der Waals surface area contributed by atoms with Gasteiger partial charge in [0.1, 0.15) is 0 Å². The monoisotopic (exact) mass is 734 g/mol. The lowest BCUT2D eigenvalue weighted by molar-refractivity contribution is -0.138. The summed E-state index contributed by atoms with van der Waals surface area (Å²) in [5, 5.41) is 0. The standard InChI is InChI=1S/C41H42B2F6O4/c1-35(2)36(3,4)51-42(50-35)29-17-19-31-32-20-18-30(43-52-37(5,6)38(7,8)53-43)22-34(32)39(33(31)21-29,23-25-9-13-27(14-10-25)40(44,45)46)24-26-11-15-28(16-12-26)41(47,48)49/h9-22H,23-24H2,1-8H3. The third kappa shape index (κ3) is 6.53. The molecule has 4 nitrogen and oxygen atoms in total. The van der Waals surface area contributed by atoms with Gasteiger partial charge < -0.3 is 18.6 Å². The van der Waals surface area contributed by atoms with E-state index in [1.807, 2.05) is 91.8 Å². The molecule has 53 heavy (non-hydrogen) atoms. The number of rotatable bonds is 6. The zero-order valence-corrected chi connectivity index (χ0v) is 31.1. The van der Waals surface area contributed by atoms with Gasteiger partial charge in [-0.15, -0.1) is 0 Å². The molecule has 2 heterocycles. The van der Waals surface area contributed by atoms with E-state index in [1.165, 1.54) is 24.3 Å². The zero-order valence-electron chi connectivity index (χ0n) is 31.1. The molecule has 0 aromatic heterocycles. The molecule has 2 fully saturated rings. The van der Waals surface area contributed by atoms with Gasteiger partial charge in [0.15, 0.2) is 0 Å². The number of hydrogen-bond donors (Lipinski definition) is 0. The van der Waals surface area contributed by atoms with Gasteiger partial charge in [0.2, 0.25) is 0 Å². The number of benzene rings is 4. The molecule has 0 radical (unpaired) electrons. The smallest absolute Gasteiger partial charge is 0.399 e. The van der Waals surface area contributed by atoms with Gasteiger partial charge in [-0.1, -0.05) is 60.7 Å². The third-order valence-electron chi connectivity index (χ3n) is 12.0. The van der Waals surface area contributed by atoms with Gasteiger partial charge in [-0.05, 0) is 137 Å². The summed E-state index contributed by atoms with van der Waals surface area (Å²) in [5.74, 6) is 0. The Balaban J connectivity index is 1.43. The van der Waals surface area contributed by atoms with Crippen LogP contribution in [-0.2, 0) is 49.2 Å². The van der Waals surface area contributed by atoms with Crippen LogP contribution >= 0.6 is 0 Å². The highest BCUT2D eigenvalue weighted by Crippen LogP contribution is 2.53. The molecule has 12 heteroatoms. The Hall–Kier alpha value is -3.57. The first kappa shape index (κ1) is 37.7. The van der Waals surface area contributed by atoms with Crippen molar-refractivity contribution >= 4 is 25.2 Å². The van der Waals surface area contributed by atoms with Crippen LogP contribution in [0.4, 0.5) is 26.3 Å². The van der Waals surface area contributed by atoms with E-state index in [-0.39, 0.29) is 12.8 Å². The summed E-state index contributed by atoms with van der Waals surface area (Å²) in [7, 11) is -1.41. The van der Waals surface area contributed by atoms with Crippen LogP contribution in [-0.4, -0.2) is 36.6 Å². The summed E-state index contributed by atoms with van der Waals surface area (Å²) in [4.78, 5) is 0. The molecule has 3 aliphatic rings. The molecule has 4 aromatic carbocycles. The summed E-state index contributed by atoms with van der Waals surface area (Å²) in [5.41, 5.74) is 1.35. The lowest BCUT2D eigenvalue weighted by Gasteiger charge is -2.34. The summed E-state index contributed by atoms with van der Waals surface area (Å²) in [6.45, 7) is 15.7. The zero-order chi connectivity index (χ0) is 38.6. The number of halogens is 6. The second kappa shape index (κ2) is 12.2. The van der Waals surface area contributed by atoms with Crippen molar-refractivity contribution in [1.82, 2.24) is 0 Å². The molecule has 278 valence electrons. The van der Waals surface area contributed by atoms with Crippen molar-refractivity contribution in [2.45, 2.75) is 108 Å². The van der Waals surface area contributed by atoms with Crippen LogP contribution < -0.4 is 10.9 Å². The quantitative estimate of drug-likeness (QED) is 0.146. The fourth-order valence-electron chi connectivity index (χ4n) is 7.55. The highest BCUT2D eigenvalue weighted by molar-refractivity contribution is 6.62. The molecular weight excluding hydrogens is 692 g/mol. The molecule has 0 amide bonds. The third-order valence-corrected chi connectivity index (χ3v) is 12.0. The average molecular weight is 734 g/mol. The normalized spacial score (nSPS) is 20.8. The predicted octanol–water partition coefficient (Wildman–Crippen LogP) is 9.07. The maximum absolute atomic E-state index is 13.7. The van der Waals surface area contributed by atoms with Crippen LogP contribution in [0.5, 0.6) is 0 Å². The predicted molar refractivity (Wildman–Crippen MR) is 194 cm³/mol. The Morgan fingerprint density at radius 3 is 1.04 bits per heavy atom. The molecule has 0 unspecified atom stereocenters. The number of alkyl halides is 6. The van der Waals surface area contributed by atoms with Crippen molar-refractivity contribution in [3.8, 4) is 11.1 Å². The summed E-state index contributed by atoms with van der Waals surface area (Å²) in [6.07, 6.45) is -8.55. The van der Waals surface area contributed by atoms with Crippen molar-refractivity contribution in [3.05, 3.63) is 118 Å². The van der Waals surface area contributed by atoms with Crippen LogP contribution in [0.15, 0.2) is 84.9 Å². The second-order valence-corrected chi connectivity index (χ2v) is 16.6. The summed E-state index contributed by atoms with van der Waals surface area (Å²) >= 11 is 0. The van der Waals surface area contributed by atoms with Crippen molar-refractivity contribution in [1.29, 1.82) is 0 Å². The lowest BCUT2D eigenvalue weighted by atomic mass is 9.66. The molecule has 7 rings (SSSR count). The number of fused-ring (bicyclic) bond motifs is 3. The highest BCUT2D eigenvalue weighted by Gasteiger charge is 2.54. The fraction of sp³-hybridized carbons (Fsp3) is 0.415. The van der Waals surface area contributed by atoms with Gasteiger partial charge in [-0.2, -0.15) is 26.3 Å². The van der Waals surface area contributed by atoms with E-state index >= 15 is 0 Å². The van der Waals surface area contributed by atoms with Gasteiger partial charge in [0, 0.05) is 5.41 Å². The first-order valence-corrected chi connectivity index (χ1v) is 17.8. The van der Waals surface area contributed by atoms with Gasteiger partial charge in [0.25, 0.3) is 0 Å². The molecule has 1 aliphatic carbocycles.